The zero-order valence-electron chi connectivity index (χ0n) is 7.88. The maximum atomic E-state index is 11.0. The second-order valence-electron chi connectivity index (χ2n) is 2.73. The molecule has 0 atom stereocenters. The summed E-state index contributed by atoms with van der Waals surface area (Å²) in [6, 6.07) is 3.53. The number of hydrogen-bond donors (Lipinski definition) is 2. The van der Waals surface area contributed by atoms with Gasteiger partial charge in [0.05, 0.1) is 0 Å². The quantitative estimate of drug-likeness (QED) is 0.694. The number of nitrogens with zero attached hydrogens (tertiary/aromatic N) is 1. The lowest BCUT2D eigenvalue weighted by molar-refractivity contribution is -0.137. The molecular weight excluding hydrogens is 196 g/mol. The molecule has 15 heavy (non-hydrogen) atoms. The predicted molar refractivity (Wildman–Crippen MR) is 53.9 cm³/mol. The van der Waals surface area contributed by atoms with E-state index in [2.05, 4.69) is 10.3 Å². The van der Waals surface area contributed by atoms with Crippen LogP contribution >= 0.6 is 0 Å². The van der Waals surface area contributed by atoms with Crippen molar-refractivity contribution in [1.29, 1.82) is 0 Å². The molecule has 0 bridgehead atoms. The molecule has 1 heterocycles. The van der Waals surface area contributed by atoms with Crippen molar-refractivity contribution >= 4 is 18.0 Å². The van der Waals surface area contributed by atoms with Crippen molar-refractivity contribution in [3.8, 4) is 0 Å². The van der Waals surface area contributed by atoms with Gasteiger partial charge >= 0.3 is 5.97 Å². The van der Waals surface area contributed by atoms with Crippen molar-refractivity contribution < 1.29 is 14.7 Å². The van der Waals surface area contributed by atoms with E-state index in [-0.39, 0.29) is 6.54 Å². The standard InChI is InChI=1S/C10H10N2O3/c13-9(12-7-10(14)15)4-3-8-2-1-5-11-6-8/h1-6H,7H2,(H,12,13)(H,14,15). The molecule has 0 saturated heterocycles. The highest BCUT2D eigenvalue weighted by Gasteiger charge is 1.98. The maximum Gasteiger partial charge on any atom is 0.322 e. The third-order valence-corrected chi connectivity index (χ3v) is 1.53. The molecule has 0 spiro atoms. The molecule has 0 aliphatic rings. The van der Waals surface area contributed by atoms with Crippen LogP contribution in [0.15, 0.2) is 30.6 Å². The summed E-state index contributed by atoms with van der Waals surface area (Å²) in [5, 5.41) is 10.5. The minimum Gasteiger partial charge on any atom is -0.480 e. The molecule has 0 aromatic carbocycles. The average Bonchev–Trinajstić information content (AvgIpc) is 2.25. The van der Waals surface area contributed by atoms with Crippen LogP contribution in [0, 0.1) is 0 Å². The number of amides is 1. The zero-order valence-corrected chi connectivity index (χ0v) is 7.88. The SMILES string of the molecule is O=C(O)CNC(=O)C=Cc1cccnc1. The van der Waals surface area contributed by atoms with E-state index in [1.165, 1.54) is 6.08 Å². The summed E-state index contributed by atoms with van der Waals surface area (Å²) in [5.41, 5.74) is 0.781. The monoisotopic (exact) mass is 206 g/mol. The fourth-order valence-electron chi connectivity index (χ4n) is 0.868. The van der Waals surface area contributed by atoms with Gasteiger partial charge in [0.25, 0.3) is 0 Å². The smallest absolute Gasteiger partial charge is 0.322 e. The molecule has 2 N–H and O–H groups in total. The van der Waals surface area contributed by atoms with E-state index in [4.69, 9.17) is 5.11 Å². The number of aliphatic carboxylic acids is 1. The van der Waals surface area contributed by atoms with Gasteiger partial charge in [-0.15, -0.1) is 0 Å². The van der Waals surface area contributed by atoms with Gasteiger partial charge in [-0.2, -0.15) is 0 Å². The fraction of sp³-hybridized carbons (Fsp3) is 0.100. The molecule has 1 rings (SSSR count). The molecule has 78 valence electrons. The van der Waals surface area contributed by atoms with Crippen molar-refractivity contribution in [1.82, 2.24) is 10.3 Å². The van der Waals surface area contributed by atoms with Gasteiger partial charge in [-0.05, 0) is 17.7 Å². The van der Waals surface area contributed by atoms with Gasteiger partial charge in [0.2, 0.25) is 5.91 Å². The zero-order chi connectivity index (χ0) is 11.1. The molecule has 0 aliphatic carbocycles. The first-order valence-electron chi connectivity index (χ1n) is 4.26. The number of carbonyl (C=O) groups excluding carboxylic acids is 1. The Kier molecular flexibility index (Phi) is 4.03. The number of carboxylic acids is 1. The van der Waals surface area contributed by atoms with E-state index >= 15 is 0 Å². The molecule has 1 aromatic rings. The number of aromatic nitrogens is 1. The molecular formula is C10H10N2O3. The van der Waals surface area contributed by atoms with Gasteiger partial charge in [0.15, 0.2) is 0 Å². The lowest BCUT2D eigenvalue weighted by Gasteiger charge is -1.95. The normalized spacial score (nSPS) is 10.1. The van der Waals surface area contributed by atoms with Crippen molar-refractivity contribution in [2.75, 3.05) is 6.54 Å². The lowest BCUT2D eigenvalue weighted by atomic mass is 10.2. The minimum atomic E-state index is -1.07. The first-order chi connectivity index (χ1) is 7.18. The van der Waals surface area contributed by atoms with Crippen molar-refractivity contribution in [3.63, 3.8) is 0 Å². The van der Waals surface area contributed by atoms with Crippen LogP contribution in [-0.2, 0) is 9.59 Å². The summed E-state index contributed by atoms with van der Waals surface area (Å²) in [6.07, 6.45) is 6.05. The second-order valence-corrected chi connectivity index (χ2v) is 2.73. The van der Waals surface area contributed by atoms with Crippen molar-refractivity contribution in [2.45, 2.75) is 0 Å². The average molecular weight is 206 g/mol. The molecule has 0 aliphatic heterocycles. The third-order valence-electron chi connectivity index (χ3n) is 1.53. The lowest BCUT2D eigenvalue weighted by Crippen LogP contribution is -2.27. The Hall–Kier alpha value is -2.17. The van der Waals surface area contributed by atoms with E-state index in [9.17, 15) is 9.59 Å². The number of nitrogens with one attached hydrogen (secondary N) is 1. The van der Waals surface area contributed by atoms with E-state index in [0.717, 1.165) is 5.56 Å². The highest BCUT2D eigenvalue weighted by atomic mass is 16.4. The number of hydrogen-bond acceptors (Lipinski definition) is 3. The Morgan fingerprint density at radius 1 is 1.53 bits per heavy atom. The molecule has 0 radical (unpaired) electrons. The molecule has 1 aromatic heterocycles. The number of rotatable bonds is 4. The van der Waals surface area contributed by atoms with E-state index in [1.807, 2.05) is 0 Å². The number of carboxylic acid groups (broad SMARTS) is 1. The summed E-state index contributed by atoms with van der Waals surface area (Å²) in [7, 11) is 0. The largest absolute Gasteiger partial charge is 0.480 e. The molecule has 5 nitrogen and oxygen atoms in total. The van der Waals surface area contributed by atoms with Crippen LogP contribution in [0.4, 0.5) is 0 Å². The fourth-order valence-corrected chi connectivity index (χ4v) is 0.868. The first kappa shape index (κ1) is 10.9. The predicted octanol–water partition coefficient (Wildman–Crippen LogP) is 0.296. The molecule has 0 unspecified atom stereocenters. The van der Waals surface area contributed by atoms with E-state index in [0.29, 0.717) is 0 Å². The Morgan fingerprint density at radius 3 is 2.93 bits per heavy atom. The minimum absolute atomic E-state index is 0.379. The van der Waals surface area contributed by atoms with Crippen LogP contribution in [0.5, 0.6) is 0 Å². The summed E-state index contributed by atoms with van der Waals surface area (Å²) in [5.74, 6) is -1.51. The van der Waals surface area contributed by atoms with Crippen LogP contribution in [0.25, 0.3) is 6.08 Å². The van der Waals surface area contributed by atoms with Gasteiger partial charge in [-0.25, -0.2) is 0 Å². The number of pyridine rings is 1. The summed E-state index contributed by atoms with van der Waals surface area (Å²) < 4.78 is 0. The Labute approximate surface area is 86.5 Å². The van der Waals surface area contributed by atoms with Gasteiger partial charge in [-0.3, -0.25) is 14.6 Å². The van der Waals surface area contributed by atoms with Gasteiger partial charge in [0.1, 0.15) is 6.54 Å². The second kappa shape index (κ2) is 5.54. The summed E-state index contributed by atoms with van der Waals surface area (Å²) in [4.78, 5) is 25.0. The first-order valence-corrected chi connectivity index (χ1v) is 4.26. The molecule has 5 heteroatoms. The molecule has 0 saturated carbocycles. The van der Waals surface area contributed by atoms with Crippen LogP contribution in [-0.4, -0.2) is 28.5 Å². The Balaban J connectivity index is 2.44. The van der Waals surface area contributed by atoms with Crippen molar-refractivity contribution in [3.05, 3.63) is 36.2 Å². The Morgan fingerprint density at radius 2 is 2.33 bits per heavy atom. The van der Waals surface area contributed by atoms with Crippen LogP contribution in [0.3, 0.4) is 0 Å². The van der Waals surface area contributed by atoms with Crippen LogP contribution in [0.1, 0.15) is 5.56 Å². The van der Waals surface area contributed by atoms with Crippen LogP contribution in [0.2, 0.25) is 0 Å². The van der Waals surface area contributed by atoms with E-state index < -0.39 is 11.9 Å². The maximum absolute atomic E-state index is 11.0. The highest BCUT2D eigenvalue weighted by Crippen LogP contribution is 1.97. The van der Waals surface area contributed by atoms with Gasteiger partial charge in [0, 0.05) is 18.5 Å². The number of carbonyl (C=O) groups is 2. The molecule has 1 amide bonds. The van der Waals surface area contributed by atoms with Crippen LogP contribution < -0.4 is 5.32 Å². The van der Waals surface area contributed by atoms with Gasteiger partial charge < -0.3 is 10.4 Å². The highest BCUT2D eigenvalue weighted by molar-refractivity contribution is 5.93. The topological polar surface area (TPSA) is 79.3 Å². The molecule has 0 fully saturated rings. The van der Waals surface area contributed by atoms with Crippen molar-refractivity contribution in [2.24, 2.45) is 0 Å². The van der Waals surface area contributed by atoms with Gasteiger partial charge in [-0.1, -0.05) is 6.07 Å². The third kappa shape index (κ3) is 4.56. The summed E-state index contributed by atoms with van der Waals surface area (Å²) in [6.45, 7) is -0.379. The summed E-state index contributed by atoms with van der Waals surface area (Å²) >= 11 is 0. The van der Waals surface area contributed by atoms with E-state index in [1.54, 1.807) is 30.6 Å². The Bertz CT molecular complexity index is 374.